The third kappa shape index (κ3) is 10.1. The Kier molecular flexibility index (Phi) is 12.9. The molecule has 0 aromatic heterocycles. The number of benzene rings is 3. The fourth-order valence-electron chi connectivity index (χ4n) is 4.18. The molecule has 0 saturated heterocycles. The normalized spacial score (nSPS) is 12.1. The average Bonchev–Trinajstić information content (AvgIpc) is 3.13. The zero-order valence-electron chi connectivity index (χ0n) is 24.6. The molecule has 3 aromatic carbocycles. The SMILES string of the molecule is CC(=N)N1C(=N)CN=C(c2ccc(Cl)cc2)c2cc(OCCOCCNC(=O)c3ccccc3)ccc21.CCNC(C)=O. The first-order chi connectivity index (χ1) is 20.7. The summed E-state index contributed by atoms with van der Waals surface area (Å²) in [7, 11) is 0. The molecule has 0 saturated carbocycles. The Morgan fingerprint density at radius 1 is 0.977 bits per heavy atom. The Morgan fingerprint density at radius 2 is 1.70 bits per heavy atom. The predicted octanol–water partition coefficient (Wildman–Crippen LogP) is 4.94. The summed E-state index contributed by atoms with van der Waals surface area (Å²) in [5.74, 6) is 0.986. The number of carbonyl (C=O) groups excluding carboxylic acids is 2. The predicted molar refractivity (Wildman–Crippen MR) is 171 cm³/mol. The Hall–Kier alpha value is -4.54. The molecule has 11 heteroatoms. The summed E-state index contributed by atoms with van der Waals surface area (Å²) in [4.78, 5) is 28.2. The van der Waals surface area contributed by atoms with Gasteiger partial charge in [-0.3, -0.25) is 30.3 Å². The van der Waals surface area contributed by atoms with Gasteiger partial charge >= 0.3 is 0 Å². The number of benzodiazepines with no additional fused rings is 1. The third-order valence-electron chi connectivity index (χ3n) is 6.06. The van der Waals surface area contributed by atoms with Crippen LogP contribution in [-0.4, -0.2) is 68.7 Å². The number of hydrogen-bond donors (Lipinski definition) is 4. The van der Waals surface area contributed by atoms with Gasteiger partial charge in [0.1, 0.15) is 24.0 Å². The fraction of sp³-hybridized carbons (Fsp3) is 0.281. The highest BCUT2D eigenvalue weighted by Gasteiger charge is 2.25. The van der Waals surface area contributed by atoms with Gasteiger partial charge < -0.3 is 20.1 Å². The van der Waals surface area contributed by atoms with Gasteiger partial charge in [0, 0.05) is 41.7 Å². The molecule has 0 fully saturated rings. The van der Waals surface area contributed by atoms with Crippen LogP contribution in [0.5, 0.6) is 5.75 Å². The zero-order chi connectivity index (χ0) is 31.2. The molecule has 0 bridgehead atoms. The number of fused-ring (bicyclic) bond motifs is 1. The summed E-state index contributed by atoms with van der Waals surface area (Å²) >= 11 is 6.08. The first-order valence-corrected chi connectivity index (χ1v) is 14.2. The van der Waals surface area contributed by atoms with Crippen LogP contribution in [0.4, 0.5) is 5.69 Å². The molecule has 4 rings (SSSR count). The van der Waals surface area contributed by atoms with Crippen molar-refractivity contribution in [1.82, 2.24) is 10.6 Å². The number of ether oxygens (including phenoxy) is 2. The van der Waals surface area contributed by atoms with Crippen molar-refractivity contribution < 1.29 is 19.1 Å². The number of carbonyl (C=O) groups is 2. The van der Waals surface area contributed by atoms with Gasteiger partial charge in [0.15, 0.2) is 0 Å². The van der Waals surface area contributed by atoms with Crippen LogP contribution in [-0.2, 0) is 9.53 Å². The number of nitrogens with one attached hydrogen (secondary N) is 4. The molecule has 3 aromatic rings. The lowest BCUT2D eigenvalue weighted by Gasteiger charge is -2.24. The molecule has 1 aliphatic heterocycles. The van der Waals surface area contributed by atoms with E-state index in [9.17, 15) is 9.59 Å². The van der Waals surface area contributed by atoms with Crippen molar-refractivity contribution in [3.8, 4) is 5.75 Å². The lowest BCUT2D eigenvalue weighted by Crippen LogP contribution is -2.35. The van der Waals surface area contributed by atoms with Gasteiger partial charge in [-0.05, 0) is 56.3 Å². The Bertz CT molecular complexity index is 1440. The fourth-order valence-corrected chi connectivity index (χ4v) is 4.31. The molecule has 226 valence electrons. The second kappa shape index (κ2) is 16.8. The minimum absolute atomic E-state index is 0.0394. The van der Waals surface area contributed by atoms with E-state index in [-0.39, 0.29) is 30.0 Å². The highest BCUT2D eigenvalue weighted by Crippen LogP contribution is 2.31. The lowest BCUT2D eigenvalue weighted by molar-refractivity contribution is -0.118. The first kappa shape index (κ1) is 33.0. The van der Waals surface area contributed by atoms with Crippen molar-refractivity contribution in [2.45, 2.75) is 20.8 Å². The average molecular weight is 605 g/mol. The molecule has 43 heavy (non-hydrogen) atoms. The van der Waals surface area contributed by atoms with Crippen LogP contribution in [0, 0.1) is 10.8 Å². The maximum atomic E-state index is 12.1. The molecule has 0 radical (unpaired) electrons. The van der Waals surface area contributed by atoms with E-state index in [2.05, 4.69) is 15.6 Å². The van der Waals surface area contributed by atoms with Gasteiger partial charge in [0.05, 0.1) is 31.2 Å². The summed E-state index contributed by atoms with van der Waals surface area (Å²) in [6, 6.07) is 21.9. The second-order valence-electron chi connectivity index (χ2n) is 9.39. The van der Waals surface area contributed by atoms with Gasteiger partial charge in [0.25, 0.3) is 5.91 Å². The number of hydrogen-bond acceptors (Lipinski definition) is 7. The van der Waals surface area contributed by atoms with Crippen LogP contribution in [0.2, 0.25) is 5.02 Å². The van der Waals surface area contributed by atoms with Gasteiger partial charge in [-0.2, -0.15) is 0 Å². The summed E-state index contributed by atoms with van der Waals surface area (Å²) in [6.07, 6.45) is 0. The third-order valence-corrected chi connectivity index (χ3v) is 6.32. The quantitative estimate of drug-likeness (QED) is 0.147. The van der Waals surface area contributed by atoms with E-state index in [4.69, 9.17) is 31.9 Å². The smallest absolute Gasteiger partial charge is 0.251 e. The van der Waals surface area contributed by atoms with Crippen molar-refractivity contribution in [2.75, 3.05) is 44.4 Å². The van der Waals surface area contributed by atoms with E-state index in [1.165, 1.54) is 6.92 Å². The van der Waals surface area contributed by atoms with Crippen molar-refractivity contribution in [3.05, 3.63) is 94.5 Å². The standard InChI is InChI=1S/C28H28ClN5O3.C4H9NO/c1-19(30)34-25-12-11-23(37-16-15-36-14-13-32-28(35)21-5-3-2-4-6-21)17-24(25)27(33-18-26(34)31)20-7-9-22(29)10-8-20;1-3-5-4(2)6/h2-12,17,30-31H,13-16,18H2,1H3,(H,32,35);3H2,1-2H3,(H,5,6). The van der Waals surface area contributed by atoms with Crippen LogP contribution in [0.1, 0.15) is 42.3 Å². The number of amidine groups is 2. The van der Waals surface area contributed by atoms with Gasteiger partial charge in [0.2, 0.25) is 5.91 Å². The van der Waals surface area contributed by atoms with Gasteiger partial charge in [-0.25, -0.2) is 0 Å². The van der Waals surface area contributed by atoms with E-state index in [1.54, 1.807) is 36.1 Å². The van der Waals surface area contributed by atoms with Crippen LogP contribution >= 0.6 is 11.6 Å². The summed E-state index contributed by atoms with van der Waals surface area (Å²) < 4.78 is 11.5. The van der Waals surface area contributed by atoms with Crippen LogP contribution in [0.25, 0.3) is 0 Å². The molecule has 0 aliphatic carbocycles. The van der Waals surface area contributed by atoms with Crippen LogP contribution < -0.4 is 20.3 Å². The maximum absolute atomic E-state index is 12.1. The molecule has 10 nitrogen and oxygen atoms in total. The number of rotatable bonds is 10. The summed E-state index contributed by atoms with van der Waals surface area (Å²) in [5.41, 5.74) is 3.64. The molecular formula is C32H37ClN6O4. The minimum atomic E-state index is -0.133. The number of amides is 2. The molecular weight excluding hydrogens is 568 g/mol. The highest BCUT2D eigenvalue weighted by atomic mass is 35.5. The number of aliphatic imine (C=N–C) groups is 1. The molecule has 0 spiro atoms. The Morgan fingerprint density at radius 3 is 2.33 bits per heavy atom. The Balaban J connectivity index is 0.000000765. The number of halogens is 1. The lowest BCUT2D eigenvalue weighted by atomic mass is 9.99. The second-order valence-corrected chi connectivity index (χ2v) is 9.82. The van der Waals surface area contributed by atoms with Gasteiger partial charge in [-0.15, -0.1) is 0 Å². The molecule has 0 atom stereocenters. The van der Waals surface area contributed by atoms with Crippen molar-refractivity contribution in [3.63, 3.8) is 0 Å². The van der Waals surface area contributed by atoms with Crippen molar-refractivity contribution >= 4 is 46.5 Å². The van der Waals surface area contributed by atoms with E-state index < -0.39 is 0 Å². The monoisotopic (exact) mass is 604 g/mol. The topological polar surface area (TPSA) is 140 Å². The molecule has 1 aliphatic rings. The van der Waals surface area contributed by atoms with E-state index in [0.717, 1.165) is 17.7 Å². The largest absolute Gasteiger partial charge is 0.491 e. The Labute approximate surface area is 257 Å². The number of nitrogens with zero attached hydrogens (tertiary/aromatic N) is 2. The highest BCUT2D eigenvalue weighted by molar-refractivity contribution is 6.31. The van der Waals surface area contributed by atoms with Gasteiger partial charge in [-0.1, -0.05) is 41.9 Å². The number of anilines is 1. The van der Waals surface area contributed by atoms with Crippen LogP contribution in [0.3, 0.4) is 0 Å². The maximum Gasteiger partial charge on any atom is 0.251 e. The molecule has 4 N–H and O–H groups in total. The van der Waals surface area contributed by atoms with Crippen molar-refractivity contribution in [1.29, 1.82) is 10.8 Å². The van der Waals surface area contributed by atoms with E-state index in [0.29, 0.717) is 54.1 Å². The van der Waals surface area contributed by atoms with Crippen molar-refractivity contribution in [2.24, 2.45) is 4.99 Å². The molecule has 0 unspecified atom stereocenters. The first-order valence-electron chi connectivity index (χ1n) is 13.9. The zero-order valence-corrected chi connectivity index (χ0v) is 25.3. The summed E-state index contributed by atoms with van der Waals surface area (Å²) in [5, 5.41) is 22.7. The molecule has 2 amide bonds. The molecule has 1 heterocycles. The minimum Gasteiger partial charge on any atom is -0.491 e. The van der Waals surface area contributed by atoms with Crippen LogP contribution in [0.15, 0.2) is 77.8 Å². The van der Waals surface area contributed by atoms with E-state index >= 15 is 0 Å². The summed E-state index contributed by atoms with van der Waals surface area (Å²) in [6.45, 7) is 7.37. The van der Waals surface area contributed by atoms with E-state index in [1.807, 2.05) is 55.5 Å².